The summed E-state index contributed by atoms with van der Waals surface area (Å²) in [5.41, 5.74) is 2.27. The molecule has 0 bridgehead atoms. The van der Waals surface area contributed by atoms with Crippen LogP contribution in [-0.2, 0) is 9.59 Å². The number of imide groups is 1. The van der Waals surface area contributed by atoms with E-state index in [4.69, 9.17) is 11.6 Å². The Bertz CT molecular complexity index is 552. The molecule has 1 N–H and O–H groups in total. The Hall–Kier alpha value is -1.59. The molecule has 1 aromatic carbocycles. The largest absolute Gasteiger partial charge is 0.369 e. The van der Waals surface area contributed by atoms with Gasteiger partial charge in [0.05, 0.1) is 0 Å². The maximum absolute atomic E-state index is 11.5. The van der Waals surface area contributed by atoms with Crippen molar-refractivity contribution in [3.8, 4) is 0 Å². The SMILES string of the molecule is O=C1CC(c2ccc(N3CCN(CCCl)CC3)cc2)CC(=O)N1. The highest BCUT2D eigenvalue weighted by Crippen LogP contribution is 2.28. The number of rotatable bonds is 4. The number of carbonyl (C=O) groups excluding carboxylic acids is 2. The molecule has 3 rings (SSSR count). The van der Waals surface area contributed by atoms with Crippen molar-refractivity contribution in [3.63, 3.8) is 0 Å². The van der Waals surface area contributed by atoms with E-state index in [1.165, 1.54) is 5.69 Å². The number of halogens is 1. The fraction of sp³-hybridized carbons (Fsp3) is 0.529. The summed E-state index contributed by atoms with van der Waals surface area (Å²) in [7, 11) is 0. The second-order valence-corrected chi connectivity index (χ2v) is 6.56. The Morgan fingerprint density at radius 3 is 2.17 bits per heavy atom. The number of piperidine rings is 1. The molecule has 0 aromatic heterocycles. The zero-order chi connectivity index (χ0) is 16.2. The lowest BCUT2D eigenvalue weighted by atomic mass is 9.89. The fourth-order valence-electron chi connectivity index (χ4n) is 3.32. The molecule has 2 fully saturated rings. The number of nitrogens with zero attached hydrogens (tertiary/aromatic N) is 2. The Kier molecular flexibility index (Phi) is 5.18. The van der Waals surface area contributed by atoms with Gasteiger partial charge >= 0.3 is 0 Å². The molecule has 0 atom stereocenters. The number of carbonyl (C=O) groups is 2. The molecular formula is C17H22ClN3O2. The van der Waals surface area contributed by atoms with Crippen LogP contribution in [-0.4, -0.2) is 55.3 Å². The van der Waals surface area contributed by atoms with E-state index in [0.717, 1.165) is 38.3 Å². The van der Waals surface area contributed by atoms with E-state index in [0.29, 0.717) is 18.7 Å². The van der Waals surface area contributed by atoms with Crippen molar-refractivity contribution >= 4 is 29.1 Å². The number of alkyl halides is 1. The maximum Gasteiger partial charge on any atom is 0.227 e. The highest BCUT2D eigenvalue weighted by molar-refractivity contribution is 6.18. The van der Waals surface area contributed by atoms with Gasteiger partial charge in [-0.3, -0.25) is 19.8 Å². The van der Waals surface area contributed by atoms with Crippen molar-refractivity contribution in [1.82, 2.24) is 10.2 Å². The van der Waals surface area contributed by atoms with Gasteiger partial charge in [0.15, 0.2) is 0 Å². The van der Waals surface area contributed by atoms with Gasteiger partial charge in [-0.05, 0) is 17.7 Å². The van der Waals surface area contributed by atoms with E-state index < -0.39 is 0 Å². The summed E-state index contributed by atoms with van der Waals surface area (Å²) in [6, 6.07) is 8.31. The third-order valence-electron chi connectivity index (χ3n) is 4.65. The first kappa shape index (κ1) is 16.3. The van der Waals surface area contributed by atoms with Gasteiger partial charge in [-0.25, -0.2) is 0 Å². The minimum Gasteiger partial charge on any atom is -0.369 e. The number of hydrogen-bond donors (Lipinski definition) is 1. The van der Waals surface area contributed by atoms with Crippen molar-refractivity contribution < 1.29 is 9.59 Å². The molecule has 2 saturated heterocycles. The summed E-state index contributed by atoms with van der Waals surface area (Å²) >= 11 is 5.79. The second-order valence-electron chi connectivity index (χ2n) is 6.19. The summed E-state index contributed by atoms with van der Waals surface area (Å²) in [6.45, 7) is 5.02. The van der Waals surface area contributed by atoms with E-state index in [1.807, 2.05) is 0 Å². The molecule has 5 nitrogen and oxygen atoms in total. The van der Waals surface area contributed by atoms with Gasteiger partial charge in [0, 0.05) is 63.1 Å². The minimum atomic E-state index is -0.175. The van der Waals surface area contributed by atoms with E-state index in [9.17, 15) is 9.59 Å². The minimum absolute atomic E-state index is 0.00543. The lowest BCUT2D eigenvalue weighted by molar-refractivity contribution is -0.133. The van der Waals surface area contributed by atoms with Crippen molar-refractivity contribution in [2.24, 2.45) is 0 Å². The number of benzene rings is 1. The van der Waals surface area contributed by atoms with Crippen LogP contribution < -0.4 is 10.2 Å². The summed E-state index contributed by atoms with van der Waals surface area (Å²) < 4.78 is 0. The molecule has 0 spiro atoms. The van der Waals surface area contributed by atoms with Crippen LogP contribution in [0.25, 0.3) is 0 Å². The predicted octanol–water partition coefficient (Wildman–Crippen LogP) is 1.57. The monoisotopic (exact) mass is 335 g/mol. The maximum atomic E-state index is 11.5. The molecule has 2 aliphatic rings. The molecule has 1 aromatic rings. The van der Waals surface area contributed by atoms with Gasteiger partial charge in [0.1, 0.15) is 0 Å². The predicted molar refractivity (Wildman–Crippen MR) is 90.9 cm³/mol. The van der Waals surface area contributed by atoms with Crippen molar-refractivity contribution in [3.05, 3.63) is 29.8 Å². The van der Waals surface area contributed by atoms with Gasteiger partial charge in [0.25, 0.3) is 0 Å². The molecule has 6 heteroatoms. The molecule has 0 aliphatic carbocycles. The first-order chi connectivity index (χ1) is 11.2. The first-order valence-corrected chi connectivity index (χ1v) is 8.65. The van der Waals surface area contributed by atoms with Gasteiger partial charge in [-0.1, -0.05) is 12.1 Å². The van der Waals surface area contributed by atoms with Crippen LogP contribution in [0.15, 0.2) is 24.3 Å². The standard InChI is InChI=1S/C17H22ClN3O2/c18-5-6-20-7-9-21(10-8-20)15-3-1-13(2-4-15)14-11-16(22)19-17(23)12-14/h1-4,14H,5-12H2,(H,19,22,23). The summed E-state index contributed by atoms with van der Waals surface area (Å²) in [5, 5.41) is 2.36. The average Bonchev–Trinajstić information content (AvgIpc) is 2.55. The highest BCUT2D eigenvalue weighted by atomic mass is 35.5. The smallest absolute Gasteiger partial charge is 0.227 e. The molecule has 0 saturated carbocycles. The Labute approximate surface area is 141 Å². The molecule has 124 valence electrons. The highest BCUT2D eigenvalue weighted by Gasteiger charge is 2.26. The molecule has 23 heavy (non-hydrogen) atoms. The molecular weight excluding hydrogens is 314 g/mol. The van der Waals surface area contributed by atoms with Crippen LogP contribution in [0.3, 0.4) is 0 Å². The second kappa shape index (κ2) is 7.32. The van der Waals surface area contributed by atoms with Crippen molar-refractivity contribution in [2.75, 3.05) is 43.5 Å². The zero-order valence-corrected chi connectivity index (χ0v) is 13.9. The first-order valence-electron chi connectivity index (χ1n) is 8.11. The molecule has 0 unspecified atom stereocenters. The topological polar surface area (TPSA) is 52.7 Å². The molecule has 2 heterocycles. The summed E-state index contributed by atoms with van der Waals surface area (Å²) in [5.74, 6) is 0.338. The van der Waals surface area contributed by atoms with Gasteiger partial charge in [0.2, 0.25) is 11.8 Å². The fourth-order valence-corrected chi connectivity index (χ4v) is 3.56. The number of hydrogen-bond acceptors (Lipinski definition) is 4. The van der Waals surface area contributed by atoms with E-state index >= 15 is 0 Å². The molecule has 0 radical (unpaired) electrons. The molecule has 2 aliphatic heterocycles. The Balaban J connectivity index is 1.61. The van der Waals surface area contributed by atoms with E-state index in [1.54, 1.807) is 0 Å². The third kappa shape index (κ3) is 4.03. The van der Waals surface area contributed by atoms with Gasteiger partial charge in [-0.2, -0.15) is 0 Å². The zero-order valence-electron chi connectivity index (χ0n) is 13.1. The molecule has 2 amide bonds. The van der Waals surface area contributed by atoms with Gasteiger partial charge < -0.3 is 4.90 Å². The van der Waals surface area contributed by atoms with Crippen LogP contribution in [0.1, 0.15) is 24.3 Å². The third-order valence-corrected chi connectivity index (χ3v) is 4.81. The van der Waals surface area contributed by atoms with Gasteiger partial charge in [-0.15, -0.1) is 11.6 Å². The van der Waals surface area contributed by atoms with Crippen LogP contribution in [0.5, 0.6) is 0 Å². The Morgan fingerprint density at radius 1 is 1.00 bits per heavy atom. The lowest BCUT2D eigenvalue weighted by Crippen LogP contribution is -2.46. The normalized spacial score (nSPS) is 20.7. The Morgan fingerprint density at radius 2 is 1.61 bits per heavy atom. The van der Waals surface area contributed by atoms with Crippen LogP contribution in [0.2, 0.25) is 0 Å². The van der Waals surface area contributed by atoms with Crippen LogP contribution in [0, 0.1) is 0 Å². The van der Waals surface area contributed by atoms with Crippen LogP contribution >= 0.6 is 11.6 Å². The van der Waals surface area contributed by atoms with Crippen molar-refractivity contribution in [2.45, 2.75) is 18.8 Å². The van der Waals surface area contributed by atoms with Crippen LogP contribution in [0.4, 0.5) is 5.69 Å². The summed E-state index contributed by atoms with van der Waals surface area (Å²) in [4.78, 5) is 27.7. The number of nitrogens with one attached hydrogen (secondary N) is 1. The quantitative estimate of drug-likeness (QED) is 0.670. The van der Waals surface area contributed by atoms with E-state index in [-0.39, 0.29) is 17.7 Å². The average molecular weight is 336 g/mol. The number of anilines is 1. The lowest BCUT2D eigenvalue weighted by Gasteiger charge is -2.36. The van der Waals surface area contributed by atoms with Crippen molar-refractivity contribution in [1.29, 1.82) is 0 Å². The summed E-state index contributed by atoms with van der Waals surface area (Å²) in [6.07, 6.45) is 0.782. The number of piperazine rings is 1. The number of amides is 2. The van der Waals surface area contributed by atoms with E-state index in [2.05, 4.69) is 39.4 Å².